The van der Waals surface area contributed by atoms with Gasteiger partial charge in [-0.1, -0.05) is 6.92 Å². The van der Waals surface area contributed by atoms with E-state index in [1.165, 1.54) is 0 Å². The molecule has 1 rings (SSSR count). The fourth-order valence-corrected chi connectivity index (χ4v) is 0.904. The van der Waals surface area contributed by atoms with E-state index in [1.54, 1.807) is 18.4 Å². The summed E-state index contributed by atoms with van der Waals surface area (Å²) in [6.07, 6.45) is 2.39. The average molecular weight is 153 g/mol. The van der Waals surface area contributed by atoms with Gasteiger partial charge in [0.25, 0.3) is 0 Å². The Balaban J connectivity index is 2.63. The predicted octanol–water partition coefficient (Wildman–Crippen LogP) is 1.13. The monoisotopic (exact) mass is 153 g/mol. The van der Waals surface area contributed by atoms with Gasteiger partial charge >= 0.3 is 0 Å². The number of hydrogen-bond acceptors (Lipinski definition) is 3. The lowest BCUT2D eigenvalue weighted by Crippen LogP contribution is -2.21. The van der Waals surface area contributed by atoms with Crippen molar-refractivity contribution < 1.29 is 9.21 Å². The molecule has 0 aliphatic carbocycles. The first-order chi connectivity index (χ1) is 5.38. The van der Waals surface area contributed by atoms with Crippen LogP contribution in [0, 0.1) is 0 Å². The highest BCUT2D eigenvalue weighted by atomic mass is 16.3. The van der Waals surface area contributed by atoms with Crippen molar-refractivity contribution in [3.05, 3.63) is 24.2 Å². The van der Waals surface area contributed by atoms with Gasteiger partial charge < -0.3 is 14.5 Å². The lowest BCUT2D eigenvalue weighted by atomic mass is 10.2. The van der Waals surface area contributed by atoms with Crippen LogP contribution in [0.5, 0.6) is 0 Å². The highest BCUT2D eigenvalue weighted by molar-refractivity contribution is 5.59. The van der Waals surface area contributed by atoms with Gasteiger partial charge in [-0.3, -0.25) is 0 Å². The molecular weight excluding hydrogens is 142 g/mol. The van der Waals surface area contributed by atoms with E-state index in [9.17, 15) is 4.79 Å². The quantitative estimate of drug-likeness (QED) is 0.659. The standard InChI is InChI=1S/C8H11NO2/c1-2-9-7(6-10)8-4-3-5-11-8/h3-7,9H,2H2,1H3. The molecule has 1 aromatic rings. The fourth-order valence-electron chi connectivity index (χ4n) is 0.904. The van der Waals surface area contributed by atoms with E-state index < -0.39 is 0 Å². The minimum Gasteiger partial charge on any atom is -0.467 e. The maximum atomic E-state index is 10.5. The third-order valence-corrected chi connectivity index (χ3v) is 1.41. The lowest BCUT2D eigenvalue weighted by molar-refractivity contribution is -0.110. The van der Waals surface area contributed by atoms with Crippen molar-refractivity contribution in [2.24, 2.45) is 0 Å². The third-order valence-electron chi connectivity index (χ3n) is 1.41. The molecule has 1 aromatic heterocycles. The van der Waals surface area contributed by atoms with Gasteiger partial charge in [0, 0.05) is 0 Å². The summed E-state index contributed by atoms with van der Waals surface area (Å²) in [4.78, 5) is 10.5. The Morgan fingerprint density at radius 2 is 2.64 bits per heavy atom. The zero-order chi connectivity index (χ0) is 8.10. The van der Waals surface area contributed by atoms with Gasteiger partial charge in [-0.25, -0.2) is 0 Å². The first-order valence-corrected chi connectivity index (χ1v) is 3.60. The number of nitrogens with one attached hydrogen (secondary N) is 1. The molecule has 3 heteroatoms. The Labute approximate surface area is 65.4 Å². The van der Waals surface area contributed by atoms with Crippen molar-refractivity contribution in [2.75, 3.05) is 6.54 Å². The molecule has 1 atom stereocenters. The molecule has 0 aliphatic rings. The zero-order valence-corrected chi connectivity index (χ0v) is 6.41. The summed E-state index contributed by atoms with van der Waals surface area (Å²) >= 11 is 0. The zero-order valence-electron chi connectivity index (χ0n) is 6.41. The molecule has 0 amide bonds. The summed E-state index contributed by atoms with van der Waals surface area (Å²) in [5.41, 5.74) is 0. The van der Waals surface area contributed by atoms with Crippen molar-refractivity contribution in [3.63, 3.8) is 0 Å². The van der Waals surface area contributed by atoms with Crippen molar-refractivity contribution in [2.45, 2.75) is 13.0 Å². The number of hydrogen-bond donors (Lipinski definition) is 1. The van der Waals surface area contributed by atoms with E-state index in [0.717, 1.165) is 12.8 Å². The maximum absolute atomic E-state index is 10.5. The van der Waals surface area contributed by atoms with Crippen LogP contribution < -0.4 is 5.32 Å². The predicted molar refractivity (Wildman–Crippen MR) is 41.2 cm³/mol. The highest BCUT2D eigenvalue weighted by Gasteiger charge is 2.09. The second-order valence-electron chi connectivity index (χ2n) is 2.19. The number of aldehydes is 1. The van der Waals surface area contributed by atoms with Crippen LogP contribution in [0.15, 0.2) is 22.8 Å². The molecule has 0 saturated carbocycles. The molecule has 0 bridgehead atoms. The molecule has 0 radical (unpaired) electrons. The van der Waals surface area contributed by atoms with Gasteiger partial charge in [0.2, 0.25) is 0 Å². The van der Waals surface area contributed by atoms with E-state index in [2.05, 4.69) is 5.32 Å². The Morgan fingerprint density at radius 3 is 3.09 bits per heavy atom. The van der Waals surface area contributed by atoms with Crippen LogP contribution in [0.25, 0.3) is 0 Å². The molecule has 0 fully saturated rings. The summed E-state index contributed by atoms with van der Waals surface area (Å²) in [6.45, 7) is 2.70. The van der Waals surface area contributed by atoms with Gasteiger partial charge in [-0.15, -0.1) is 0 Å². The highest BCUT2D eigenvalue weighted by Crippen LogP contribution is 2.09. The molecule has 0 aliphatic heterocycles. The Bertz CT molecular complexity index is 206. The summed E-state index contributed by atoms with van der Waals surface area (Å²) < 4.78 is 5.05. The summed E-state index contributed by atoms with van der Waals surface area (Å²) in [5, 5.41) is 2.97. The second-order valence-corrected chi connectivity index (χ2v) is 2.19. The molecule has 11 heavy (non-hydrogen) atoms. The molecule has 0 saturated heterocycles. The number of carbonyl (C=O) groups excluding carboxylic acids is 1. The normalized spacial score (nSPS) is 12.8. The smallest absolute Gasteiger partial charge is 0.144 e. The van der Waals surface area contributed by atoms with E-state index in [4.69, 9.17) is 4.42 Å². The first kappa shape index (κ1) is 8.01. The topological polar surface area (TPSA) is 42.2 Å². The van der Waals surface area contributed by atoms with Crippen molar-refractivity contribution in [1.29, 1.82) is 0 Å². The Hall–Kier alpha value is -1.09. The van der Waals surface area contributed by atoms with Crippen LogP contribution in [-0.2, 0) is 4.79 Å². The Kier molecular flexibility index (Phi) is 2.86. The van der Waals surface area contributed by atoms with Gasteiger partial charge in [0.1, 0.15) is 18.1 Å². The molecule has 0 aromatic carbocycles. The van der Waals surface area contributed by atoms with Gasteiger partial charge in [0.15, 0.2) is 0 Å². The largest absolute Gasteiger partial charge is 0.467 e. The number of rotatable bonds is 4. The second kappa shape index (κ2) is 3.93. The van der Waals surface area contributed by atoms with Gasteiger partial charge in [-0.2, -0.15) is 0 Å². The van der Waals surface area contributed by atoms with E-state index in [0.29, 0.717) is 5.76 Å². The Morgan fingerprint density at radius 1 is 1.82 bits per heavy atom. The molecule has 0 spiro atoms. The summed E-state index contributed by atoms with van der Waals surface area (Å²) in [5.74, 6) is 0.668. The molecule has 3 nitrogen and oxygen atoms in total. The minimum atomic E-state index is -0.296. The minimum absolute atomic E-state index is 0.296. The van der Waals surface area contributed by atoms with Crippen molar-refractivity contribution in [3.8, 4) is 0 Å². The van der Waals surface area contributed by atoms with Gasteiger partial charge in [-0.05, 0) is 18.7 Å². The van der Waals surface area contributed by atoms with Crippen LogP contribution in [0.2, 0.25) is 0 Å². The van der Waals surface area contributed by atoms with Crippen molar-refractivity contribution >= 4 is 6.29 Å². The van der Waals surface area contributed by atoms with Crippen molar-refractivity contribution in [1.82, 2.24) is 5.32 Å². The van der Waals surface area contributed by atoms with Crippen LogP contribution >= 0.6 is 0 Å². The van der Waals surface area contributed by atoms with Crippen LogP contribution in [0.3, 0.4) is 0 Å². The van der Waals surface area contributed by atoms with Crippen LogP contribution in [-0.4, -0.2) is 12.8 Å². The number of likely N-dealkylation sites (N-methyl/N-ethyl adjacent to an activating group) is 1. The van der Waals surface area contributed by atoms with Crippen LogP contribution in [0.4, 0.5) is 0 Å². The molecular formula is C8H11NO2. The molecule has 1 N–H and O–H groups in total. The van der Waals surface area contributed by atoms with E-state index in [-0.39, 0.29) is 6.04 Å². The average Bonchev–Trinajstić information content (AvgIpc) is 2.52. The molecule has 60 valence electrons. The summed E-state index contributed by atoms with van der Waals surface area (Å²) in [7, 11) is 0. The summed E-state index contributed by atoms with van der Waals surface area (Å²) in [6, 6.07) is 3.25. The lowest BCUT2D eigenvalue weighted by Gasteiger charge is -2.06. The first-order valence-electron chi connectivity index (χ1n) is 3.60. The molecule has 1 heterocycles. The van der Waals surface area contributed by atoms with E-state index in [1.807, 2.05) is 6.92 Å². The number of furan rings is 1. The SMILES string of the molecule is CCNC(C=O)c1ccco1. The van der Waals surface area contributed by atoms with Crippen LogP contribution in [0.1, 0.15) is 18.7 Å². The van der Waals surface area contributed by atoms with Gasteiger partial charge in [0.05, 0.1) is 6.26 Å². The fraction of sp³-hybridized carbons (Fsp3) is 0.375. The van der Waals surface area contributed by atoms with E-state index >= 15 is 0 Å². The molecule has 1 unspecified atom stereocenters. The number of carbonyl (C=O) groups is 1. The maximum Gasteiger partial charge on any atom is 0.144 e. The third kappa shape index (κ3) is 1.91.